The number of rotatable bonds is 11. The summed E-state index contributed by atoms with van der Waals surface area (Å²) in [6.45, 7) is 7.46. The fourth-order valence-electron chi connectivity index (χ4n) is 3.68. The monoisotopic (exact) mass is 649 g/mol. The normalized spacial score (nSPS) is 11.1. The largest absolute Gasteiger partial charge is 0.491 e. The molecule has 0 aliphatic rings. The number of pyridine rings is 1. The average molecular weight is 650 g/mol. The molecular weight excluding hydrogens is 621 g/mol. The van der Waals surface area contributed by atoms with Crippen molar-refractivity contribution in [3.05, 3.63) is 64.0 Å². The summed E-state index contributed by atoms with van der Waals surface area (Å²) in [7, 11) is 1.65. The highest BCUT2D eigenvalue weighted by molar-refractivity contribution is 14.1. The van der Waals surface area contributed by atoms with Gasteiger partial charge in [0.05, 0.1) is 12.3 Å². The van der Waals surface area contributed by atoms with Crippen molar-refractivity contribution >= 4 is 62.6 Å². The number of benzene rings is 1. The van der Waals surface area contributed by atoms with Crippen LogP contribution in [0.4, 0.5) is 10.9 Å². The Hall–Kier alpha value is -2.54. The molecule has 1 N–H and O–H groups in total. The van der Waals surface area contributed by atoms with Crippen molar-refractivity contribution in [1.82, 2.24) is 9.97 Å². The Kier molecular flexibility index (Phi) is 9.52. The molecule has 0 radical (unpaired) electrons. The molecule has 4 aromatic rings. The van der Waals surface area contributed by atoms with E-state index in [-0.39, 0.29) is 0 Å². The lowest BCUT2D eigenvalue weighted by atomic mass is 10.0. The molecule has 0 unspecified atom stereocenters. The maximum absolute atomic E-state index is 12.6. The van der Waals surface area contributed by atoms with E-state index < -0.39 is 5.97 Å². The van der Waals surface area contributed by atoms with Crippen LogP contribution in [0, 0.1) is 12.8 Å². The number of aryl methyl sites for hydroxylation is 1. The number of thiophene rings is 1. The van der Waals surface area contributed by atoms with Gasteiger partial charge in [0.2, 0.25) is 0 Å². The van der Waals surface area contributed by atoms with Gasteiger partial charge in [-0.2, -0.15) is 0 Å². The summed E-state index contributed by atoms with van der Waals surface area (Å²) in [6, 6.07) is 13.8. The molecule has 0 fully saturated rings. The van der Waals surface area contributed by atoms with Crippen LogP contribution < -0.4 is 10.1 Å². The van der Waals surface area contributed by atoms with Gasteiger partial charge in [0.1, 0.15) is 23.7 Å². The molecule has 7 nitrogen and oxygen atoms in total. The standard InChI is InChI=1S/C27H28IN3O4S2/c1-16(2)13-23-24(18-6-8-20(9-7-18)34-12-11-33-4)30-27(37-23)31-25-21(26(32)35-28)14-19(15-29-25)22-10-5-17(3)36-22/h5-10,14-16H,11-13H2,1-4H3,(H,29,30,31). The predicted molar refractivity (Wildman–Crippen MR) is 158 cm³/mol. The molecule has 4 rings (SSSR count). The van der Waals surface area contributed by atoms with E-state index in [2.05, 4.69) is 24.1 Å². The van der Waals surface area contributed by atoms with Crippen molar-refractivity contribution < 1.29 is 17.3 Å². The summed E-state index contributed by atoms with van der Waals surface area (Å²) in [5, 5.41) is 3.95. The maximum atomic E-state index is 12.6. The minimum atomic E-state index is -0.464. The first-order valence-corrected chi connectivity index (χ1v) is 14.3. The highest BCUT2D eigenvalue weighted by atomic mass is 127. The highest BCUT2D eigenvalue weighted by Crippen LogP contribution is 2.36. The molecule has 3 aromatic heterocycles. The van der Waals surface area contributed by atoms with Crippen LogP contribution >= 0.6 is 45.7 Å². The van der Waals surface area contributed by atoms with Crippen molar-refractivity contribution in [2.45, 2.75) is 27.2 Å². The fraction of sp³-hybridized carbons (Fsp3) is 0.296. The second kappa shape index (κ2) is 12.8. The van der Waals surface area contributed by atoms with E-state index in [0.29, 0.717) is 35.6 Å². The van der Waals surface area contributed by atoms with Crippen LogP contribution in [-0.2, 0) is 14.2 Å². The molecule has 0 amide bonds. The Morgan fingerprint density at radius 2 is 1.86 bits per heavy atom. The maximum Gasteiger partial charge on any atom is 0.351 e. The van der Waals surface area contributed by atoms with E-state index in [1.54, 1.807) is 59.0 Å². The first-order chi connectivity index (χ1) is 17.9. The number of thiazole rings is 1. The van der Waals surface area contributed by atoms with Crippen LogP contribution in [0.5, 0.6) is 5.75 Å². The lowest BCUT2D eigenvalue weighted by Gasteiger charge is -2.09. The second-order valence-corrected chi connectivity index (χ2v) is 11.6. The zero-order valence-corrected chi connectivity index (χ0v) is 24.8. The molecule has 1 aromatic carbocycles. The lowest BCUT2D eigenvalue weighted by Crippen LogP contribution is -2.06. The topological polar surface area (TPSA) is 82.6 Å². The summed E-state index contributed by atoms with van der Waals surface area (Å²) in [5.41, 5.74) is 3.14. The highest BCUT2D eigenvalue weighted by Gasteiger charge is 2.20. The summed E-state index contributed by atoms with van der Waals surface area (Å²) in [4.78, 5) is 25.5. The first kappa shape index (κ1) is 27.5. The first-order valence-electron chi connectivity index (χ1n) is 11.8. The number of hydrogen-bond donors (Lipinski definition) is 1. The number of nitrogens with zero attached hydrogens (tertiary/aromatic N) is 2. The number of hydrogen-bond acceptors (Lipinski definition) is 9. The summed E-state index contributed by atoms with van der Waals surface area (Å²) in [6.07, 6.45) is 2.65. The van der Waals surface area contributed by atoms with Crippen molar-refractivity contribution in [3.8, 4) is 27.4 Å². The predicted octanol–water partition coefficient (Wildman–Crippen LogP) is 7.72. The SMILES string of the molecule is COCCOc1ccc(-c2nc(Nc3ncc(-c4ccc(C)s4)cc3C(=O)OI)sc2CC(C)C)cc1. The molecule has 0 aliphatic heterocycles. The number of ether oxygens (including phenoxy) is 2. The van der Waals surface area contributed by atoms with E-state index >= 15 is 0 Å². The number of halogens is 1. The van der Waals surface area contributed by atoms with Gasteiger partial charge in [0.15, 0.2) is 28.1 Å². The van der Waals surface area contributed by atoms with Gasteiger partial charge in [-0.15, -0.1) is 22.7 Å². The molecular formula is C27H28IN3O4S2. The summed E-state index contributed by atoms with van der Waals surface area (Å²) in [5.74, 6) is 1.19. The third-order valence-corrected chi connectivity index (χ3v) is 7.85. The quantitative estimate of drug-likeness (QED) is 0.132. The smallest absolute Gasteiger partial charge is 0.351 e. The third kappa shape index (κ3) is 7.07. The van der Waals surface area contributed by atoms with Gasteiger partial charge in [0, 0.05) is 39.1 Å². The molecule has 0 saturated heterocycles. The Morgan fingerprint density at radius 3 is 2.51 bits per heavy atom. The van der Waals surface area contributed by atoms with Crippen LogP contribution in [0.15, 0.2) is 48.7 Å². The van der Waals surface area contributed by atoms with Crippen LogP contribution in [-0.4, -0.2) is 36.3 Å². The number of carbonyl (C=O) groups excluding carboxylic acids is 1. The summed E-state index contributed by atoms with van der Waals surface area (Å²) >= 11 is 4.83. The van der Waals surface area contributed by atoms with Crippen LogP contribution in [0.3, 0.4) is 0 Å². The van der Waals surface area contributed by atoms with Gasteiger partial charge in [-0.3, -0.25) is 0 Å². The molecule has 0 spiro atoms. The number of aromatic nitrogens is 2. The third-order valence-electron chi connectivity index (χ3n) is 5.40. The number of methoxy groups -OCH3 is 1. The molecule has 3 heterocycles. The fourth-order valence-corrected chi connectivity index (χ4v) is 5.96. The zero-order valence-electron chi connectivity index (χ0n) is 21.0. The molecule has 10 heteroatoms. The number of anilines is 2. The van der Waals surface area contributed by atoms with E-state index in [9.17, 15) is 4.79 Å². The number of nitrogens with one attached hydrogen (secondary N) is 1. The van der Waals surface area contributed by atoms with Gasteiger partial charge in [0.25, 0.3) is 0 Å². The molecule has 0 aliphatic carbocycles. The van der Waals surface area contributed by atoms with Gasteiger partial charge in [-0.05, 0) is 61.7 Å². The minimum absolute atomic E-state index is 0.359. The minimum Gasteiger partial charge on any atom is -0.491 e. The van der Waals surface area contributed by atoms with Crippen LogP contribution in [0.1, 0.15) is 34.0 Å². The van der Waals surface area contributed by atoms with E-state index in [1.807, 2.05) is 49.4 Å². The molecule has 0 atom stereocenters. The second-order valence-electron chi connectivity index (χ2n) is 8.77. The van der Waals surface area contributed by atoms with Gasteiger partial charge < -0.3 is 17.9 Å². The zero-order chi connectivity index (χ0) is 26.4. The number of carbonyl (C=O) groups is 1. The Balaban J connectivity index is 1.64. The van der Waals surface area contributed by atoms with Crippen molar-refractivity contribution in [1.29, 1.82) is 0 Å². The van der Waals surface area contributed by atoms with Crippen molar-refractivity contribution in [2.75, 3.05) is 25.6 Å². The molecule has 0 bridgehead atoms. The molecule has 0 saturated carbocycles. The summed E-state index contributed by atoms with van der Waals surface area (Å²) < 4.78 is 15.8. The molecule has 37 heavy (non-hydrogen) atoms. The Labute approximate surface area is 238 Å². The van der Waals surface area contributed by atoms with Crippen molar-refractivity contribution in [3.63, 3.8) is 0 Å². The molecule has 194 valence electrons. The van der Waals surface area contributed by atoms with Crippen molar-refractivity contribution in [2.24, 2.45) is 5.92 Å². The van der Waals surface area contributed by atoms with Gasteiger partial charge in [-0.25, -0.2) is 14.8 Å². The van der Waals surface area contributed by atoms with E-state index in [4.69, 9.17) is 17.5 Å². The van der Waals surface area contributed by atoms with Crippen LogP contribution in [0.2, 0.25) is 0 Å². The van der Waals surface area contributed by atoms with Gasteiger partial charge >= 0.3 is 5.97 Å². The van der Waals surface area contributed by atoms with Crippen LogP contribution in [0.25, 0.3) is 21.7 Å². The van der Waals surface area contributed by atoms with E-state index in [0.717, 1.165) is 38.7 Å². The van der Waals surface area contributed by atoms with E-state index in [1.165, 1.54) is 4.88 Å². The average Bonchev–Trinajstić information content (AvgIpc) is 3.50. The Morgan fingerprint density at radius 1 is 1.08 bits per heavy atom. The Bertz CT molecular complexity index is 1350. The lowest BCUT2D eigenvalue weighted by molar-refractivity contribution is 0.0801. The van der Waals surface area contributed by atoms with Gasteiger partial charge in [-0.1, -0.05) is 13.8 Å².